The van der Waals surface area contributed by atoms with Crippen LogP contribution in [0.1, 0.15) is 11.1 Å². The van der Waals surface area contributed by atoms with Crippen LogP contribution in [0.4, 0.5) is 0 Å². The first-order chi connectivity index (χ1) is 8.67. The van der Waals surface area contributed by atoms with E-state index in [0.717, 1.165) is 11.1 Å². The number of hydrogen-bond donors (Lipinski definition) is 0. The van der Waals surface area contributed by atoms with Crippen molar-refractivity contribution < 1.29 is 14.3 Å². The lowest BCUT2D eigenvalue weighted by atomic mass is 10.1. The molecular weight excluding hydrogens is 230 g/mol. The predicted octanol–water partition coefficient (Wildman–Crippen LogP) is 2.09. The van der Waals surface area contributed by atoms with Crippen molar-refractivity contribution in [2.45, 2.75) is 6.92 Å². The van der Waals surface area contributed by atoms with Crippen molar-refractivity contribution in [1.82, 2.24) is 0 Å². The molecule has 4 nitrogen and oxygen atoms in total. The molecule has 0 saturated carbocycles. The van der Waals surface area contributed by atoms with Crippen molar-refractivity contribution in [3.63, 3.8) is 0 Å². The van der Waals surface area contributed by atoms with Crippen LogP contribution < -0.4 is 0 Å². The number of carbonyl (C=O) groups is 1. The summed E-state index contributed by atoms with van der Waals surface area (Å²) in [5, 5.41) is 8.93. The molecule has 0 aliphatic carbocycles. The molecule has 94 valence electrons. The summed E-state index contributed by atoms with van der Waals surface area (Å²) in [6.07, 6.45) is 1.52. The minimum atomic E-state index is -0.629. The summed E-state index contributed by atoms with van der Waals surface area (Å²) >= 11 is 0. The minimum Gasteiger partial charge on any atom is -0.459 e. The molecule has 18 heavy (non-hydrogen) atoms. The zero-order valence-corrected chi connectivity index (χ0v) is 10.5. The van der Waals surface area contributed by atoms with Gasteiger partial charge in [-0.2, -0.15) is 5.26 Å². The lowest BCUT2D eigenvalue weighted by Crippen LogP contribution is -2.11. The summed E-state index contributed by atoms with van der Waals surface area (Å²) in [4.78, 5) is 11.6. The zero-order chi connectivity index (χ0) is 13.4. The molecular formula is C14H15NO3. The van der Waals surface area contributed by atoms with Gasteiger partial charge in [-0.05, 0) is 18.6 Å². The number of rotatable bonds is 5. The maximum absolute atomic E-state index is 11.6. The molecule has 0 bridgehead atoms. The Hall–Kier alpha value is -2.12. The van der Waals surface area contributed by atoms with Gasteiger partial charge in [0.05, 0.1) is 6.61 Å². The van der Waals surface area contributed by atoms with Crippen LogP contribution in [-0.4, -0.2) is 26.3 Å². The summed E-state index contributed by atoms with van der Waals surface area (Å²) in [6, 6.07) is 9.37. The SMILES string of the molecule is COCCOC(=O)C(C#N)=Cc1cccc(C)c1. The van der Waals surface area contributed by atoms with Gasteiger partial charge in [-0.1, -0.05) is 29.8 Å². The van der Waals surface area contributed by atoms with Crippen LogP contribution in [0.5, 0.6) is 0 Å². The molecule has 1 rings (SSSR count). The van der Waals surface area contributed by atoms with E-state index in [1.54, 1.807) is 0 Å². The van der Waals surface area contributed by atoms with Crippen molar-refractivity contribution in [2.24, 2.45) is 0 Å². The molecule has 1 aromatic rings. The fourth-order valence-corrected chi connectivity index (χ4v) is 1.36. The predicted molar refractivity (Wildman–Crippen MR) is 67.6 cm³/mol. The number of benzene rings is 1. The van der Waals surface area contributed by atoms with Crippen LogP contribution in [0.2, 0.25) is 0 Å². The molecule has 0 saturated heterocycles. The van der Waals surface area contributed by atoms with Crippen LogP contribution in [0.3, 0.4) is 0 Å². The fraction of sp³-hybridized carbons (Fsp3) is 0.286. The van der Waals surface area contributed by atoms with Gasteiger partial charge in [0.1, 0.15) is 18.2 Å². The molecule has 0 aromatic heterocycles. The largest absolute Gasteiger partial charge is 0.459 e. The van der Waals surface area contributed by atoms with Gasteiger partial charge in [0.25, 0.3) is 0 Å². The van der Waals surface area contributed by atoms with Crippen LogP contribution in [0.25, 0.3) is 6.08 Å². The van der Waals surface area contributed by atoms with E-state index in [2.05, 4.69) is 0 Å². The number of methoxy groups -OCH3 is 1. The molecule has 4 heteroatoms. The maximum atomic E-state index is 11.6. The monoisotopic (exact) mass is 245 g/mol. The van der Waals surface area contributed by atoms with E-state index in [4.69, 9.17) is 14.7 Å². The first kappa shape index (κ1) is 13.9. The van der Waals surface area contributed by atoms with Gasteiger partial charge in [-0.25, -0.2) is 4.79 Å². The lowest BCUT2D eigenvalue weighted by Gasteiger charge is -2.03. The van der Waals surface area contributed by atoms with E-state index in [-0.39, 0.29) is 12.2 Å². The number of nitriles is 1. The normalized spacial score (nSPS) is 10.8. The molecule has 0 spiro atoms. The second-order valence-electron chi connectivity index (χ2n) is 3.71. The van der Waals surface area contributed by atoms with E-state index >= 15 is 0 Å². The summed E-state index contributed by atoms with van der Waals surface area (Å²) in [5.74, 6) is -0.629. The molecule has 1 aromatic carbocycles. The second-order valence-corrected chi connectivity index (χ2v) is 3.71. The highest BCUT2D eigenvalue weighted by Crippen LogP contribution is 2.10. The van der Waals surface area contributed by atoms with Crippen LogP contribution in [0.15, 0.2) is 29.8 Å². The third-order valence-corrected chi connectivity index (χ3v) is 2.21. The summed E-state index contributed by atoms with van der Waals surface area (Å²) in [6.45, 7) is 2.40. The Morgan fingerprint density at radius 2 is 2.22 bits per heavy atom. The Labute approximate surface area is 106 Å². The fourth-order valence-electron chi connectivity index (χ4n) is 1.36. The van der Waals surface area contributed by atoms with E-state index < -0.39 is 5.97 Å². The van der Waals surface area contributed by atoms with Crippen molar-refractivity contribution in [3.05, 3.63) is 41.0 Å². The lowest BCUT2D eigenvalue weighted by molar-refractivity contribution is -0.139. The van der Waals surface area contributed by atoms with Crippen molar-refractivity contribution in [1.29, 1.82) is 5.26 Å². The number of ether oxygens (including phenoxy) is 2. The average Bonchev–Trinajstić information content (AvgIpc) is 2.36. The molecule has 0 radical (unpaired) electrons. The third-order valence-electron chi connectivity index (χ3n) is 2.21. The molecule has 0 heterocycles. The second kappa shape index (κ2) is 7.25. The first-order valence-corrected chi connectivity index (χ1v) is 5.52. The Kier molecular flexibility index (Phi) is 5.62. The van der Waals surface area contributed by atoms with Gasteiger partial charge in [-0.3, -0.25) is 0 Å². The van der Waals surface area contributed by atoms with Crippen LogP contribution in [0, 0.1) is 18.3 Å². The van der Waals surface area contributed by atoms with Gasteiger partial charge in [0.2, 0.25) is 0 Å². The molecule has 0 fully saturated rings. The van der Waals surface area contributed by atoms with E-state index in [9.17, 15) is 4.79 Å². The van der Waals surface area contributed by atoms with Gasteiger partial charge < -0.3 is 9.47 Å². The Morgan fingerprint density at radius 1 is 1.44 bits per heavy atom. The van der Waals surface area contributed by atoms with Crippen molar-refractivity contribution >= 4 is 12.0 Å². The highest BCUT2D eigenvalue weighted by Gasteiger charge is 2.10. The minimum absolute atomic E-state index is 0.0169. The van der Waals surface area contributed by atoms with Gasteiger partial charge >= 0.3 is 5.97 Å². The highest BCUT2D eigenvalue weighted by molar-refractivity contribution is 5.97. The molecule has 0 atom stereocenters. The Morgan fingerprint density at radius 3 is 2.83 bits per heavy atom. The summed E-state index contributed by atoms with van der Waals surface area (Å²) in [5.41, 5.74) is 1.85. The van der Waals surface area contributed by atoms with Gasteiger partial charge in [-0.15, -0.1) is 0 Å². The van der Waals surface area contributed by atoms with Gasteiger partial charge in [0.15, 0.2) is 0 Å². The number of esters is 1. The average molecular weight is 245 g/mol. The van der Waals surface area contributed by atoms with E-state index in [1.807, 2.05) is 37.3 Å². The van der Waals surface area contributed by atoms with Crippen LogP contribution in [-0.2, 0) is 14.3 Å². The Bertz CT molecular complexity index is 486. The first-order valence-electron chi connectivity index (χ1n) is 5.52. The molecule has 0 N–H and O–H groups in total. The van der Waals surface area contributed by atoms with E-state index in [0.29, 0.717) is 6.61 Å². The van der Waals surface area contributed by atoms with Crippen molar-refractivity contribution in [3.8, 4) is 6.07 Å². The standard InChI is InChI=1S/C14H15NO3/c1-11-4-3-5-12(8-11)9-13(10-15)14(16)18-7-6-17-2/h3-5,8-9H,6-7H2,1-2H3. The van der Waals surface area contributed by atoms with E-state index in [1.165, 1.54) is 13.2 Å². The van der Waals surface area contributed by atoms with Crippen molar-refractivity contribution in [2.75, 3.05) is 20.3 Å². The van der Waals surface area contributed by atoms with Crippen LogP contribution >= 0.6 is 0 Å². The number of hydrogen-bond acceptors (Lipinski definition) is 4. The smallest absolute Gasteiger partial charge is 0.348 e. The molecule has 0 aliphatic rings. The summed E-state index contributed by atoms with van der Waals surface area (Å²) < 4.78 is 9.64. The topological polar surface area (TPSA) is 59.3 Å². The zero-order valence-electron chi connectivity index (χ0n) is 10.5. The number of aryl methyl sites for hydroxylation is 1. The highest BCUT2D eigenvalue weighted by atomic mass is 16.6. The van der Waals surface area contributed by atoms with Gasteiger partial charge in [0, 0.05) is 7.11 Å². The third kappa shape index (κ3) is 4.40. The quantitative estimate of drug-likeness (QED) is 0.345. The summed E-state index contributed by atoms with van der Waals surface area (Å²) in [7, 11) is 1.52. The number of nitrogens with zero attached hydrogens (tertiary/aromatic N) is 1. The number of carbonyl (C=O) groups excluding carboxylic acids is 1. The Balaban J connectivity index is 2.77. The molecule has 0 unspecified atom stereocenters. The molecule has 0 amide bonds. The molecule has 0 aliphatic heterocycles. The maximum Gasteiger partial charge on any atom is 0.348 e.